The van der Waals surface area contributed by atoms with Crippen LogP contribution in [0.25, 0.3) is 88.2 Å². The Morgan fingerprint density at radius 1 is 0.450 bits per heavy atom. The van der Waals surface area contributed by atoms with Crippen LogP contribution in [0, 0.1) is 0 Å². The van der Waals surface area contributed by atoms with Crippen LogP contribution in [0.5, 0.6) is 0 Å². The number of furan rings is 2. The van der Waals surface area contributed by atoms with E-state index >= 15 is 0 Å². The maximum Gasteiger partial charge on any atom is 0.246 e. The van der Waals surface area contributed by atoms with Gasteiger partial charge in [-0.1, -0.05) is 84.9 Å². The molecule has 0 spiro atoms. The first kappa shape index (κ1) is 21.5. The minimum absolute atomic E-state index is 0.559. The van der Waals surface area contributed by atoms with Crippen molar-refractivity contribution in [3.63, 3.8) is 0 Å². The van der Waals surface area contributed by atoms with Crippen molar-refractivity contribution in [3.05, 3.63) is 121 Å². The topological polar surface area (TPSA) is 52.1 Å². The molecular formula is C36H20N2O2. The summed E-state index contributed by atoms with van der Waals surface area (Å²) in [7, 11) is 0. The Bertz CT molecular complexity index is 2450. The summed E-state index contributed by atoms with van der Waals surface area (Å²) in [5.74, 6) is 0. The third-order valence-corrected chi connectivity index (χ3v) is 7.88. The van der Waals surface area contributed by atoms with Gasteiger partial charge in [0.2, 0.25) is 5.71 Å². The Kier molecular flexibility index (Phi) is 4.30. The molecule has 9 rings (SSSR count). The quantitative estimate of drug-likeness (QED) is 0.231. The molecule has 0 saturated carbocycles. The second kappa shape index (κ2) is 8.01. The second-order valence-corrected chi connectivity index (χ2v) is 10.2. The van der Waals surface area contributed by atoms with Gasteiger partial charge in [0.15, 0.2) is 0 Å². The fourth-order valence-corrected chi connectivity index (χ4v) is 5.94. The van der Waals surface area contributed by atoms with Crippen molar-refractivity contribution in [1.29, 1.82) is 0 Å². The lowest BCUT2D eigenvalue weighted by molar-refractivity contribution is 0.655. The van der Waals surface area contributed by atoms with E-state index < -0.39 is 0 Å². The van der Waals surface area contributed by atoms with Crippen LogP contribution >= 0.6 is 0 Å². The van der Waals surface area contributed by atoms with Crippen molar-refractivity contribution in [2.24, 2.45) is 0 Å². The number of para-hydroxylation sites is 3. The van der Waals surface area contributed by atoms with Crippen LogP contribution in [0.1, 0.15) is 0 Å². The first-order valence-electron chi connectivity index (χ1n) is 13.3. The van der Waals surface area contributed by atoms with Gasteiger partial charge in [-0.15, -0.1) is 0 Å². The molecule has 3 aromatic heterocycles. The molecule has 6 aromatic carbocycles. The number of hydrogen-bond acceptors (Lipinski definition) is 4. The molecule has 4 heteroatoms. The van der Waals surface area contributed by atoms with Gasteiger partial charge in [-0.05, 0) is 58.5 Å². The normalized spacial score (nSPS) is 12.0. The molecule has 0 fully saturated rings. The number of aromatic nitrogens is 2. The Balaban J connectivity index is 1.21. The highest BCUT2D eigenvalue weighted by atomic mass is 16.3. The van der Waals surface area contributed by atoms with E-state index in [1.807, 2.05) is 30.3 Å². The molecule has 0 aliphatic heterocycles. The lowest BCUT2D eigenvalue weighted by atomic mass is 9.97. The van der Waals surface area contributed by atoms with E-state index in [2.05, 4.69) is 91.0 Å². The van der Waals surface area contributed by atoms with Crippen LogP contribution < -0.4 is 0 Å². The molecule has 0 aliphatic carbocycles. The van der Waals surface area contributed by atoms with E-state index in [0.717, 1.165) is 77.1 Å². The van der Waals surface area contributed by atoms with Crippen molar-refractivity contribution in [2.45, 2.75) is 0 Å². The van der Waals surface area contributed by atoms with Gasteiger partial charge < -0.3 is 8.83 Å². The molecule has 9 aromatic rings. The molecule has 0 radical (unpaired) electrons. The van der Waals surface area contributed by atoms with Crippen LogP contribution in [0.4, 0.5) is 0 Å². The Hall–Kier alpha value is -5.48. The molecule has 0 saturated heterocycles. The van der Waals surface area contributed by atoms with Crippen LogP contribution in [0.2, 0.25) is 0 Å². The number of nitrogens with zero attached hydrogens (tertiary/aromatic N) is 2. The van der Waals surface area contributed by atoms with Crippen molar-refractivity contribution >= 4 is 65.9 Å². The average molecular weight is 513 g/mol. The monoisotopic (exact) mass is 512 g/mol. The van der Waals surface area contributed by atoms with Crippen LogP contribution in [0.15, 0.2) is 130 Å². The van der Waals surface area contributed by atoms with Gasteiger partial charge in [-0.25, -0.2) is 9.97 Å². The summed E-state index contributed by atoms with van der Waals surface area (Å²) in [6.07, 6.45) is 0. The third-order valence-electron chi connectivity index (χ3n) is 7.88. The molecule has 4 nitrogen and oxygen atoms in total. The summed E-state index contributed by atoms with van der Waals surface area (Å²) < 4.78 is 12.7. The molecule has 0 aliphatic rings. The Morgan fingerprint density at radius 2 is 1.20 bits per heavy atom. The van der Waals surface area contributed by atoms with Crippen LogP contribution in [-0.4, -0.2) is 9.97 Å². The van der Waals surface area contributed by atoms with E-state index in [9.17, 15) is 0 Å². The maximum atomic E-state index is 6.60. The van der Waals surface area contributed by atoms with Gasteiger partial charge in [0, 0.05) is 27.1 Å². The standard InChI is InChI=1S/C36H20N2O2/c1-2-10-25-21(7-1)15-17-28-27-12-6-11-26(35(27)40-34(25)28)24-9-5-8-22(19-24)23-16-18-32-29(20-23)33-36(39-32)38-31-14-4-3-13-30(31)37-33/h1-20H. The van der Waals surface area contributed by atoms with Crippen molar-refractivity contribution in [1.82, 2.24) is 9.97 Å². The highest BCUT2D eigenvalue weighted by Gasteiger charge is 2.16. The predicted molar refractivity (Wildman–Crippen MR) is 162 cm³/mol. The summed E-state index contributed by atoms with van der Waals surface area (Å²) in [5.41, 5.74) is 10.0. The summed E-state index contributed by atoms with van der Waals surface area (Å²) in [4.78, 5) is 9.57. The van der Waals surface area contributed by atoms with Gasteiger partial charge in [-0.2, -0.15) is 0 Å². The van der Waals surface area contributed by atoms with E-state index in [4.69, 9.17) is 18.8 Å². The largest absolute Gasteiger partial charge is 0.455 e. The number of benzene rings is 6. The molecule has 186 valence electrons. The molecule has 0 unspecified atom stereocenters. The van der Waals surface area contributed by atoms with Crippen molar-refractivity contribution in [3.8, 4) is 22.3 Å². The molecule has 0 atom stereocenters. The van der Waals surface area contributed by atoms with Crippen molar-refractivity contribution in [2.75, 3.05) is 0 Å². The van der Waals surface area contributed by atoms with E-state index in [1.54, 1.807) is 0 Å². The summed E-state index contributed by atoms with van der Waals surface area (Å²) in [5, 5.41) is 5.53. The van der Waals surface area contributed by atoms with Gasteiger partial charge >= 0.3 is 0 Å². The zero-order valence-electron chi connectivity index (χ0n) is 21.3. The van der Waals surface area contributed by atoms with E-state index in [1.165, 1.54) is 5.39 Å². The van der Waals surface area contributed by atoms with Crippen LogP contribution in [0.3, 0.4) is 0 Å². The van der Waals surface area contributed by atoms with E-state index in [-0.39, 0.29) is 0 Å². The molecule has 0 amide bonds. The van der Waals surface area contributed by atoms with Crippen molar-refractivity contribution < 1.29 is 8.83 Å². The fourth-order valence-electron chi connectivity index (χ4n) is 5.94. The van der Waals surface area contributed by atoms with Gasteiger partial charge in [0.1, 0.15) is 22.3 Å². The first-order chi connectivity index (χ1) is 19.8. The number of hydrogen-bond donors (Lipinski definition) is 0. The Labute approximate surface area is 228 Å². The maximum absolute atomic E-state index is 6.60. The van der Waals surface area contributed by atoms with Crippen LogP contribution in [-0.2, 0) is 0 Å². The van der Waals surface area contributed by atoms with Gasteiger partial charge in [0.05, 0.1) is 11.0 Å². The molecule has 40 heavy (non-hydrogen) atoms. The highest BCUT2D eigenvalue weighted by Crippen LogP contribution is 2.40. The summed E-state index contributed by atoms with van der Waals surface area (Å²) >= 11 is 0. The third kappa shape index (κ3) is 3.07. The lowest BCUT2D eigenvalue weighted by Crippen LogP contribution is -1.84. The highest BCUT2D eigenvalue weighted by molar-refractivity contribution is 6.17. The van der Waals surface area contributed by atoms with Gasteiger partial charge in [-0.3, -0.25) is 0 Å². The summed E-state index contributed by atoms with van der Waals surface area (Å²) in [6, 6.07) is 41.9. The Morgan fingerprint density at radius 3 is 2.15 bits per heavy atom. The molecule has 0 bridgehead atoms. The SMILES string of the molecule is c1cc(-c2ccc3oc4nc5ccccc5nc4c3c2)cc(-c2cccc3c2oc2c4ccccc4ccc32)c1. The smallest absolute Gasteiger partial charge is 0.246 e. The summed E-state index contributed by atoms with van der Waals surface area (Å²) in [6.45, 7) is 0. The van der Waals surface area contributed by atoms with Gasteiger partial charge in [0.25, 0.3) is 0 Å². The minimum atomic E-state index is 0.559. The molecule has 0 N–H and O–H groups in total. The minimum Gasteiger partial charge on any atom is -0.455 e. The zero-order valence-corrected chi connectivity index (χ0v) is 21.3. The zero-order chi connectivity index (χ0) is 26.2. The molecule has 3 heterocycles. The molecular weight excluding hydrogens is 492 g/mol. The lowest BCUT2D eigenvalue weighted by Gasteiger charge is -2.07. The van der Waals surface area contributed by atoms with E-state index in [0.29, 0.717) is 5.71 Å². The fraction of sp³-hybridized carbons (Fsp3) is 0. The predicted octanol–water partition coefficient (Wildman–Crippen LogP) is 9.92. The number of fused-ring (bicyclic) bond motifs is 9. The average Bonchev–Trinajstić information content (AvgIpc) is 3.57. The number of rotatable bonds is 2. The second-order valence-electron chi connectivity index (χ2n) is 10.2. The first-order valence-corrected chi connectivity index (χ1v) is 13.3.